The molecule has 6 N–H and O–H groups in total. The van der Waals surface area contributed by atoms with Crippen molar-refractivity contribution in [1.82, 2.24) is 10.6 Å². The molecule has 0 aromatic rings. The van der Waals surface area contributed by atoms with Gasteiger partial charge in [-0.15, -0.1) is 0 Å². The molecule has 0 fully saturated rings. The van der Waals surface area contributed by atoms with E-state index in [9.17, 15) is 0 Å². The molecule has 0 heterocycles. The van der Waals surface area contributed by atoms with Crippen molar-refractivity contribution in [2.45, 2.75) is 6.04 Å². The first-order valence-electron chi connectivity index (χ1n) is 4.56. The smallest absolute Gasteiger partial charge is 0.275 e. The molecule has 1 unspecified atom stereocenters. The molecule has 5 nitrogen and oxygen atoms in total. The van der Waals surface area contributed by atoms with Crippen molar-refractivity contribution in [3.05, 3.63) is 4.85 Å². The standard InChI is InChI=1S/C8H20N5/c1-11-4-5-13-8(6-10)7-12-3-2-9/h1,8,12-13H,2-7,9-10H2/q+1. The molecule has 0 saturated carbocycles. The highest BCUT2D eigenvalue weighted by molar-refractivity contribution is 4.74. The van der Waals surface area contributed by atoms with Gasteiger partial charge in [0.25, 0.3) is 13.1 Å². The molecular formula is C8H20N5+. The summed E-state index contributed by atoms with van der Waals surface area (Å²) in [6.45, 7) is 9.28. The van der Waals surface area contributed by atoms with Crippen LogP contribution in [0.1, 0.15) is 0 Å². The van der Waals surface area contributed by atoms with Gasteiger partial charge in [-0.1, -0.05) is 4.85 Å². The summed E-state index contributed by atoms with van der Waals surface area (Å²) in [7, 11) is 0. The van der Waals surface area contributed by atoms with E-state index in [0.29, 0.717) is 19.6 Å². The normalized spacial score (nSPS) is 12.4. The first-order valence-corrected chi connectivity index (χ1v) is 4.56. The molecule has 76 valence electrons. The molecule has 0 spiro atoms. The van der Waals surface area contributed by atoms with E-state index >= 15 is 0 Å². The molecule has 0 radical (unpaired) electrons. The fraction of sp³-hybridized carbons (Fsp3) is 0.875. The minimum absolute atomic E-state index is 0.272. The van der Waals surface area contributed by atoms with Crippen molar-refractivity contribution in [2.24, 2.45) is 11.5 Å². The van der Waals surface area contributed by atoms with E-state index in [1.54, 1.807) is 0 Å². The van der Waals surface area contributed by atoms with Gasteiger partial charge in [0.1, 0.15) is 0 Å². The Labute approximate surface area is 79.7 Å². The summed E-state index contributed by atoms with van der Waals surface area (Å²) in [6.07, 6.45) is 0. The Morgan fingerprint density at radius 1 is 1.31 bits per heavy atom. The first kappa shape index (κ1) is 12.3. The van der Waals surface area contributed by atoms with Crippen LogP contribution in [0.5, 0.6) is 0 Å². The van der Waals surface area contributed by atoms with Gasteiger partial charge >= 0.3 is 0 Å². The van der Waals surface area contributed by atoms with Gasteiger partial charge in [-0.25, -0.2) is 0 Å². The highest BCUT2D eigenvalue weighted by Gasteiger charge is 2.04. The summed E-state index contributed by atoms with van der Waals surface area (Å²) >= 11 is 0. The summed E-state index contributed by atoms with van der Waals surface area (Å²) in [6, 6.07) is 0.272. The molecule has 0 aromatic heterocycles. The average molecular weight is 186 g/mol. The maximum atomic E-state index is 5.54. The molecule has 0 aliphatic carbocycles. The van der Waals surface area contributed by atoms with Gasteiger partial charge in [0.2, 0.25) is 0 Å². The predicted molar refractivity (Wildman–Crippen MR) is 55.9 cm³/mol. The zero-order valence-corrected chi connectivity index (χ0v) is 8.00. The Balaban J connectivity index is 3.35. The average Bonchev–Trinajstić information content (AvgIpc) is 2.16. The SMILES string of the molecule is C#[N+]CCNC(CN)CNCCN. The minimum Gasteiger partial charge on any atom is -0.329 e. The van der Waals surface area contributed by atoms with E-state index in [1.807, 2.05) is 0 Å². The molecule has 0 rings (SSSR count). The summed E-state index contributed by atoms with van der Waals surface area (Å²) in [4.78, 5) is 3.49. The third kappa shape index (κ3) is 7.68. The number of nitrogens with one attached hydrogen (secondary N) is 2. The van der Waals surface area contributed by atoms with Crippen molar-refractivity contribution in [3.63, 3.8) is 0 Å². The second-order valence-electron chi connectivity index (χ2n) is 2.79. The van der Waals surface area contributed by atoms with Gasteiger partial charge < -0.3 is 22.1 Å². The molecule has 0 aliphatic rings. The molecule has 5 heteroatoms. The van der Waals surface area contributed by atoms with E-state index in [4.69, 9.17) is 18.0 Å². The van der Waals surface area contributed by atoms with Crippen LogP contribution < -0.4 is 22.1 Å². The number of nitrogens with zero attached hydrogens (tertiary/aromatic N) is 1. The Kier molecular flexibility index (Phi) is 8.93. The predicted octanol–water partition coefficient (Wildman–Crippen LogP) is -1.59. The molecule has 0 amide bonds. The molecule has 13 heavy (non-hydrogen) atoms. The van der Waals surface area contributed by atoms with Gasteiger partial charge in [-0.05, 0) is 0 Å². The van der Waals surface area contributed by atoms with Crippen LogP contribution in [0.15, 0.2) is 0 Å². The zero-order valence-electron chi connectivity index (χ0n) is 8.00. The summed E-state index contributed by atoms with van der Waals surface area (Å²) in [5.74, 6) is 0. The zero-order chi connectivity index (χ0) is 9.94. The van der Waals surface area contributed by atoms with Crippen LogP contribution in [0.4, 0.5) is 0 Å². The lowest BCUT2D eigenvalue weighted by molar-refractivity contribution is 0.492. The van der Waals surface area contributed by atoms with Crippen molar-refractivity contribution in [3.8, 4) is 6.57 Å². The molecular weight excluding hydrogens is 166 g/mol. The van der Waals surface area contributed by atoms with Crippen LogP contribution in [-0.2, 0) is 0 Å². The van der Waals surface area contributed by atoms with Crippen LogP contribution in [0.3, 0.4) is 0 Å². The van der Waals surface area contributed by atoms with Crippen LogP contribution in [0.25, 0.3) is 4.85 Å². The van der Waals surface area contributed by atoms with Gasteiger partial charge in [0.15, 0.2) is 0 Å². The maximum absolute atomic E-state index is 5.54. The largest absolute Gasteiger partial charge is 0.329 e. The van der Waals surface area contributed by atoms with Crippen LogP contribution in [0.2, 0.25) is 0 Å². The first-order chi connectivity index (χ1) is 6.35. The number of hydrogen-bond acceptors (Lipinski definition) is 4. The second kappa shape index (κ2) is 9.42. The van der Waals surface area contributed by atoms with E-state index in [2.05, 4.69) is 15.5 Å². The van der Waals surface area contributed by atoms with Crippen LogP contribution >= 0.6 is 0 Å². The second-order valence-corrected chi connectivity index (χ2v) is 2.79. The summed E-state index contributed by atoms with van der Waals surface area (Å²) in [5, 5.41) is 6.41. The van der Waals surface area contributed by atoms with E-state index < -0.39 is 0 Å². The molecule has 1 atom stereocenters. The quantitative estimate of drug-likeness (QED) is 0.345. The van der Waals surface area contributed by atoms with E-state index in [1.165, 1.54) is 0 Å². The topological polar surface area (TPSA) is 80.5 Å². The van der Waals surface area contributed by atoms with E-state index in [-0.39, 0.29) is 6.04 Å². The summed E-state index contributed by atoms with van der Waals surface area (Å²) in [5.41, 5.74) is 10.9. The van der Waals surface area contributed by atoms with Crippen LogP contribution in [-0.4, -0.2) is 45.3 Å². The lowest BCUT2D eigenvalue weighted by Gasteiger charge is -2.15. The Hall–Kier alpha value is -0.670. The Morgan fingerprint density at radius 3 is 2.62 bits per heavy atom. The van der Waals surface area contributed by atoms with Gasteiger partial charge in [0, 0.05) is 32.2 Å². The maximum Gasteiger partial charge on any atom is 0.275 e. The number of hydrogen-bond donors (Lipinski definition) is 4. The van der Waals surface area contributed by atoms with Gasteiger partial charge in [-0.3, -0.25) is 0 Å². The van der Waals surface area contributed by atoms with Crippen molar-refractivity contribution >= 4 is 0 Å². The Morgan fingerprint density at radius 2 is 2.08 bits per heavy atom. The monoisotopic (exact) mass is 186 g/mol. The summed E-state index contributed by atoms with van der Waals surface area (Å²) < 4.78 is 0. The lowest BCUT2D eigenvalue weighted by atomic mass is 10.3. The number of rotatable bonds is 8. The molecule has 0 aromatic carbocycles. The molecule has 0 saturated heterocycles. The van der Waals surface area contributed by atoms with E-state index in [0.717, 1.165) is 19.6 Å². The van der Waals surface area contributed by atoms with Crippen LogP contribution in [0, 0.1) is 6.57 Å². The fourth-order valence-corrected chi connectivity index (χ4v) is 0.950. The highest BCUT2D eigenvalue weighted by atomic mass is 15.0. The fourth-order valence-electron chi connectivity index (χ4n) is 0.950. The Bertz CT molecular complexity index is 142. The highest BCUT2D eigenvalue weighted by Crippen LogP contribution is 1.77. The lowest BCUT2D eigenvalue weighted by Crippen LogP contribution is -2.45. The van der Waals surface area contributed by atoms with Gasteiger partial charge in [-0.2, -0.15) is 0 Å². The van der Waals surface area contributed by atoms with Crippen molar-refractivity contribution in [1.29, 1.82) is 0 Å². The van der Waals surface area contributed by atoms with Crippen molar-refractivity contribution in [2.75, 3.05) is 39.3 Å². The third-order valence-corrected chi connectivity index (χ3v) is 1.67. The molecule has 0 aliphatic heterocycles. The molecule has 0 bridgehead atoms. The number of nitrogens with two attached hydrogens (primary N) is 2. The minimum atomic E-state index is 0.272. The van der Waals surface area contributed by atoms with Gasteiger partial charge in [0.05, 0.1) is 6.54 Å². The van der Waals surface area contributed by atoms with Crippen molar-refractivity contribution < 1.29 is 0 Å². The third-order valence-electron chi connectivity index (χ3n) is 1.67.